The molecule has 0 aromatic heterocycles. The first-order chi connectivity index (χ1) is 16.7. The molecule has 0 spiro atoms. The minimum Gasteiger partial charge on any atom is -0.446 e. The maximum atomic E-state index is 12.5. The van der Waals surface area contributed by atoms with Gasteiger partial charge in [-0.05, 0) is 102 Å². The van der Waals surface area contributed by atoms with Crippen LogP contribution in [0, 0.1) is 11.8 Å². The van der Waals surface area contributed by atoms with E-state index in [0.29, 0.717) is 24.1 Å². The molecule has 3 saturated heterocycles. The summed E-state index contributed by atoms with van der Waals surface area (Å²) in [5, 5.41) is 3.89. The van der Waals surface area contributed by atoms with Crippen LogP contribution in [0.1, 0.15) is 70.6 Å². The number of fused-ring (bicyclic) bond motifs is 1. The molecule has 0 radical (unpaired) electrons. The molecular weight excluding hydrogens is 428 g/mol. The molecule has 5 rings (SSSR count). The number of ether oxygens (including phenoxy) is 2. The fourth-order valence-electron chi connectivity index (χ4n) is 7.56. The summed E-state index contributed by atoms with van der Waals surface area (Å²) in [6, 6.07) is 1.13. The third kappa shape index (κ3) is 5.91. The summed E-state index contributed by atoms with van der Waals surface area (Å²) in [6.07, 6.45) is 13.7. The number of hydrogen-bond acceptors (Lipinski definition) is 6. The van der Waals surface area contributed by atoms with Crippen molar-refractivity contribution < 1.29 is 14.3 Å². The Hall–Kier alpha value is -0.890. The molecular formula is C27H48N4O3. The highest BCUT2D eigenvalue weighted by Crippen LogP contribution is 2.35. The van der Waals surface area contributed by atoms with Gasteiger partial charge in [0.2, 0.25) is 0 Å². The molecule has 5 aliphatic rings. The molecule has 3 aliphatic heterocycles. The molecule has 194 valence electrons. The van der Waals surface area contributed by atoms with E-state index in [9.17, 15) is 4.79 Å². The van der Waals surface area contributed by atoms with Crippen molar-refractivity contribution in [3.05, 3.63) is 0 Å². The van der Waals surface area contributed by atoms with Crippen LogP contribution in [0.15, 0.2) is 0 Å². The first-order valence-corrected chi connectivity index (χ1v) is 14.4. The SMILES string of the molecule is COC1CCC2CCCNC2C1N1CCCN(CC2CCN(C(=O)OC3CCCC3)CC2)CC1. The van der Waals surface area contributed by atoms with E-state index in [1.165, 1.54) is 71.1 Å². The number of piperidine rings is 2. The van der Waals surface area contributed by atoms with E-state index in [0.717, 1.165) is 57.8 Å². The van der Waals surface area contributed by atoms with Crippen molar-refractivity contribution in [2.45, 2.75) is 94.9 Å². The number of nitrogens with zero attached hydrogens (tertiary/aromatic N) is 3. The number of rotatable bonds is 5. The fourth-order valence-corrected chi connectivity index (χ4v) is 7.56. The Balaban J connectivity index is 1.08. The Kier molecular flexibility index (Phi) is 8.67. The molecule has 0 bridgehead atoms. The molecule has 1 N–H and O–H groups in total. The highest BCUT2D eigenvalue weighted by molar-refractivity contribution is 5.67. The monoisotopic (exact) mass is 476 g/mol. The lowest BCUT2D eigenvalue weighted by molar-refractivity contribution is -0.0490. The molecule has 4 atom stereocenters. The van der Waals surface area contributed by atoms with E-state index in [4.69, 9.17) is 9.47 Å². The van der Waals surface area contributed by atoms with Crippen LogP contribution >= 0.6 is 0 Å². The molecule has 34 heavy (non-hydrogen) atoms. The van der Waals surface area contributed by atoms with Crippen LogP contribution in [0.25, 0.3) is 0 Å². The van der Waals surface area contributed by atoms with Crippen molar-refractivity contribution in [3.63, 3.8) is 0 Å². The molecule has 5 fully saturated rings. The molecule has 2 aliphatic carbocycles. The van der Waals surface area contributed by atoms with Crippen LogP contribution in [-0.2, 0) is 9.47 Å². The van der Waals surface area contributed by atoms with Gasteiger partial charge in [-0.15, -0.1) is 0 Å². The smallest absolute Gasteiger partial charge is 0.410 e. The van der Waals surface area contributed by atoms with E-state index < -0.39 is 0 Å². The zero-order chi connectivity index (χ0) is 23.3. The minimum absolute atomic E-state index is 0.0643. The van der Waals surface area contributed by atoms with Crippen molar-refractivity contribution in [1.82, 2.24) is 20.0 Å². The lowest BCUT2D eigenvalue weighted by Crippen LogP contribution is -2.63. The van der Waals surface area contributed by atoms with Crippen LogP contribution in [-0.4, -0.2) is 105 Å². The normalized spacial score (nSPS) is 35.1. The van der Waals surface area contributed by atoms with Crippen molar-refractivity contribution in [1.29, 1.82) is 0 Å². The van der Waals surface area contributed by atoms with Crippen LogP contribution in [0.2, 0.25) is 0 Å². The molecule has 3 heterocycles. The molecule has 4 unspecified atom stereocenters. The standard InChI is InChI=1S/C27H48N4O3/c1-33-24-10-9-22-6-4-13-28-25(22)26(24)30-15-5-14-29(18-19-30)20-21-11-16-31(17-12-21)27(32)34-23-7-2-3-8-23/h21-26,28H,2-20H2,1H3. The summed E-state index contributed by atoms with van der Waals surface area (Å²) in [5.74, 6) is 1.53. The summed E-state index contributed by atoms with van der Waals surface area (Å²) in [4.78, 5) is 19.9. The van der Waals surface area contributed by atoms with Crippen molar-refractivity contribution in [3.8, 4) is 0 Å². The number of methoxy groups -OCH3 is 1. The lowest BCUT2D eigenvalue weighted by Gasteiger charge is -2.49. The highest BCUT2D eigenvalue weighted by Gasteiger charge is 2.43. The van der Waals surface area contributed by atoms with Gasteiger partial charge < -0.3 is 24.6 Å². The summed E-state index contributed by atoms with van der Waals surface area (Å²) >= 11 is 0. The number of amides is 1. The number of carbonyl (C=O) groups excluding carboxylic acids is 1. The average Bonchev–Trinajstić information content (AvgIpc) is 3.28. The van der Waals surface area contributed by atoms with Gasteiger partial charge >= 0.3 is 6.09 Å². The van der Waals surface area contributed by atoms with Gasteiger partial charge in [0.1, 0.15) is 6.10 Å². The van der Waals surface area contributed by atoms with E-state index in [1.807, 2.05) is 12.0 Å². The topological polar surface area (TPSA) is 57.3 Å². The van der Waals surface area contributed by atoms with Gasteiger partial charge in [-0.1, -0.05) is 0 Å². The van der Waals surface area contributed by atoms with Gasteiger partial charge in [0.05, 0.1) is 12.1 Å². The van der Waals surface area contributed by atoms with Crippen molar-refractivity contribution in [2.75, 3.05) is 59.5 Å². The van der Waals surface area contributed by atoms with E-state index in [1.54, 1.807) is 0 Å². The Morgan fingerprint density at radius 1 is 0.853 bits per heavy atom. The molecule has 2 saturated carbocycles. The van der Waals surface area contributed by atoms with E-state index in [-0.39, 0.29) is 12.2 Å². The van der Waals surface area contributed by atoms with Gasteiger partial charge in [0.25, 0.3) is 0 Å². The first kappa shape index (κ1) is 24.8. The van der Waals surface area contributed by atoms with Gasteiger partial charge in [0, 0.05) is 45.9 Å². The van der Waals surface area contributed by atoms with Gasteiger partial charge in [0.15, 0.2) is 0 Å². The maximum absolute atomic E-state index is 12.5. The third-order valence-corrected chi connectivity index (χ3v) is 9.52. The van der Waals surface area contributed by atoms with Gasteiger partial charge in [-0.25, -0.2) is 4.79 Å². The van der Waals surface area contributed by atoms with Crippen molar-refractivity contribution in [2.24, 2.45) is 11.8 Å². The molecule has 7 heteroatoms. The molecule has 1 amide bonds. The number of nitrogens with one attached hydrogen (secondary N) is 1. The largest absolute Gasteiger partial charge is 0.446 e. The Bertz CT molecular complexity index is 650. The second-order valence-electron chi connectivity index (χ2n) is 11.6. The summed E-state index contributed by atoms with van der Waals surface area (Å²) in [6.45, 7) is 8.79. The predicted octanol–water partition coefficient (Wildman–Crippen LogP) is 3.33. The zero-order valence-electron chi connectivity index (χ0n) is 21.5. The van der Waals surface area contributed by atoms with Crippen LogP contribution in [0.5, 0.6) is 0 Å². The molecule has 7 nitrogen and oxygen atoms in total. The van der Waals surface area contributed by atoms with Gasteiger partial charge in [-0.2, -0.15) is 0 Å². The van der Waals surface area contributed by atoms with Crippen LogP contribution in [0.3, 0.4) is 0 Å². The Morgan fingerprint density at radius 3 is 2.47 bits per heavy atom. The summed E-state index contributed by atoms with van der Waals surface area (Å²) in [7, 11) is 1.92. The number of likely N-dealkylation sites (tertiary alicyclic amines) is 1. The number of hydrogen-bond donors (Lipinski definition) is 1. The Morgan fingerprint density at radius 2 is 1.68 bits per heavy atom. The highest BCUT2D eigenvalue weighted by atomic mass is 16.6. The second-order valence-corrected chi connectivity index (χ2v) is 11.6. The number of carbonyl (C=O) groups is 1. The van der Waals surface area contributed by atoms with Crippen LogP contribution in [0.4, 0.5) is 4.79 Å². The third-order valence-electron chi connectivity index (χ3n) is 9.52. The van der Waals surface area contributed by atoms with Crippen LogP contribution < -0.4 is 5.32 Å². The van der Waals surface area contributed by atoms with E-state index in [2.05, 4.69) is 15.1 Å². The zero-order valence-corrected chi connectivity index (χ0v) is 21.5. The van der Waals surface area contributed by atoms with Gasteiger partial charge in [-0.3, -0.25) is 4.90 Å². The van der Waals surface area contributed by atoms with E-state index >= 15 is 0 Å². The first-order valence-electron chi connectivity index (χ1n) is 14.4. The fraction of sp³-hybridized carbons (Fsp3) is 0.963. The van der Waals surface area contributed by atoms with Crippen molar-refractivity contribution >= 4 is 6.09 Å². The minimum atomic E-state index is -0.0643. The average molecular weight is 477 g/mol. The second kappa shape index (κ2) is 11.9. The quantitative estimate of drug-likeness (QED) is 0.657. The molecule has 0 aromatic carbocycles. The lowest BCUT2D eigenvalue weighted by atomic mass is 9.74. The maximum Gasteiger partial charge on any atom is 0.410 e. The molecule has 0 aromatic rings. The summed E-state index contributed by atoms with van der Waals surface area (Å²) < 4.78 is 11.8. The summed E-state index contributed by atoms with van der Waals surface area (Å²) in [5.41, 5.74) is 0. The predicted molar refractivity (Wildman–Crippen MR) is 134 cm³/mol. The Labute approximate surface area is 206 Å².